The van der Waals surface area contributed by atoms with Gasteiger partial charge in [0, 0.05) is 23.1 Å². The maximum atomic E-state index is 12.5. The van der Waals surface area contributed by atoms with Crippen LogP contribution >= 0.6 is 0 Å². The van der Waals surface area contributed by atoms with E-state index in [2.05, 4.69) is 25.6 Å². The van der Waals surface area contributed by atoms with Crippen molar-refractivity contribution >= 4 is 34.5 Å². The summed E-state index contributed by atoms with van der Waals surface area (Å²) >= 11 is 0. The van der Waals surface area contributed by atoms with E-state index >= 15 is 0 Å². The van der Waals surface area contributed by atoms with Gasteiger partial charge in [0.2, 0.25) is 11.8 Å². The van der Waals surface area contributed by atoms with E-state index in [-0.39, 0.29) is 23.7 Å². The van der Waals surface area contributed by atoms with Gasteiger partial charge in [-0.1, -0.05) is 38.5 Å². The average molecular weight is 446 g/mol. The van der Waals surface area contributed by atoms with Crippen molar-refractivity contribution in [3.8, 4) is 11.4 Å². The van der Waals surface area contributed by atoms with Crippen LogP contribution in [0.2, 0.25) is 0 Å². The molecular weight excluding hydrogens is 414 g/mol. The van der Waals surface area contributed by atoms with Gasteiger partial charge >= 0.3 is 0 Å². The second-order valence-electron chi connectivity index (χ2n) is 9.38. The minimum atomic E-state index is 0.0585. The molecule has 3 N–H and O–H groups in total. The molecule has 0 spiro atoms. The van der Waals surface area contributed by atoms with Crippen molar-refractivity contribution in [3.63, 3.8) is 0 Å². The number of amides is 2. The Bertz CT molecular complexity index is 1130. The molecule has 2 saturated carbocycles. The summed E-state index contributed by atoms with van der Waals surface area (Å²) in [6.07, 6.45) is 10.9. The van der Waals surface area contributed by atoms with Crippen LogP contribution in [0.4, 0.5) is 11.5 Å². The van der Waals surface area contributed by atoms with Gasteiger partial charge in [-0.15, -0.1) is 0 Å². The van der Waals surface area contributed by atoms with E-state index in [1.807, 2.05) is 36.4 Å². The Hall–Kier alpha value is -3.22. The van der Waals surface area contributed by atoms with Crippen molar-refractivity contribution in [3.05, 3.63) is 36.4 Å². The molecule has 2 amide bonds. The number of hydrogen-bond acceptors (Lipinski definition) is 4. The first-order chi connectivity index (χ1) is 16.2. The normalized spacial score (nSPS) is 17.7. The van der Waals surface area contributed by atoms with Crippen LogP contribution in [0.15, 0.2) is 36.4 Å². The Morgan fingerprint density at radius 2 is 1.33 bits per heavy atom. The fraction of sp³-hybridized carbons (Fsp3) is 0.462. The number of hydrogen-bond donors (Lipinski definition) is 3. The van der Waals surface area contributed by atoms with Crippen molar-refractivity contribution in [2.75, 3.05) is 10.6 Å². The van der Waals surface area contributed by atoms with Gasteiger partial charge in [-0.2, -0.15) is 0 Å². The highest BCUT2D eigenvalue weighted by molar-refractivity contribution is 5.93. The van der Waals surface area contributed by atoms with Crippen molar-refractivity contribution in [2.24, 2.45) is 11.8 Å². The Morgan fingerprint density at radius 1 is 0.727 bits per heavy atom. The highest BCUT2D eigenvalue weighted by Gasteiger charge is 2.22. The fourth-order valence-corrected chi connectivity index (χ4v) is 5.01. The highest BCUT2D eigenvalue weighted by atomic mass is 16.2. The molecule has 7 heteroatoms. The molecule has 33 heavy (non-hydrogen) atoms. The molecule has 0 unspecified atom stereocenters. The van der Waals surface area contributed by atoms with Crippen LogP contribution in [-0.4, -0.2) is 26.8 Å². The summed E-state index contributed by atoms with van der Waals surface area (Å²) in [5, 5.41) is 6.01. The van der Waals surface area contributed by atoms with Crippen LogP contribution in [0.3, 0.4) is 0 Å². The van der Waals surface area contributed by atoms with Crippen molar-refractivity contribution in [1.82, 2.24) is 15.0 Å². The Kier molecular flexibility index (Phi) is 6.37. The predicted molar refractivity (Wildman–Crippen MR) is 130 cm³/mol. The molecule has 0 atom stereocenters. The van der Waals surface area contributed by atoms with Gasteiger partial charge < -0.3 is 15.6 Å². The number of aromatic nitrogens is 3. The van der Waals surface area contributed by atoms with Crippen LogP contribution in [0.5, 0.6) is 0 Å². The molecule has 1 aromatic carbocycles. The number of pyridine rings is 1. The second kappa shape index (κ2) is 9.73. The topological polar surface area (TPSA) is 99.8 Å². The Balaban J connectivity index is 1.25. The summed E-state index contributed by atoms with van der Waals surface area (Å²) in [5.41, 5.74) is 3.10. The Labute approximate surface area is 193 Å². The summed E-state index contributed by atoms with van der Waals surface area (Å²) in [6, 6.07) is 11.4. The lowest BCUT2D eigenvalue weighted by Gasteiger charge is -2.20. The van der Waals surface area contributed by atoms with Crippen molar-refractivity contribution in [2.45, 2.75) is 64.2 Å². The number of rotatable bonds is 5. The molecule has 7 nitrogen and oxygen atoms in total. The van der Waals surface area contributed by atoms with E-state index < -0.39 is 0 Å². The number of H-pyrrole nitrogens is 1. The molecular formula is C26H31N5O2. The SMILES string of the molecule is O=C(Nc1ccc(-c2nc3nc(NC(=O)C4CCCCC4)ccc3[nH]2)cc1)C1CCCCC1. The molecule has 0 radical (unpaired) electrons. The summed E-state index contributed by atoms with van der Waals surface area (Å²) in [6.45, 7) is 0. The fourth-order valence-electron chi connectivity index (χ4n) is 5.01. The van der Waals surface area contributed by atoms with Crippen molar-refractivity contribution < 1.29 is 9.59 Å². The summed E-state index contributed by atoms with van der Waals surface area (Å²) in [7, 11) is 0. The largest absolute Gasteiger partial charge is 0.337 e. The van der Waals surface area contributed by atoms with Gasteiger partial charge in [-0.3, -0.25) is 9.59 Å². The summed E-state index contributed by atoms with van der Waals surface area (Å²) in [5.74, 6) is 1.65. The van der Waals surface area contributed by atoms with Crippen LogP contribution < -0.4 is 10.6 Å². The third kappa shape index (κ3) is 5.07. The van der Waals surface area contributed by atoms with Gasteiger partial charge in [0.15, 0.2) is 5.65 Å². The first-order valence-electron chi connectivity index (χ1n) is 12.2. The standard InChI is InChI=1S/C26H31N5O2/c32-25(18-7-3-1-4-8-18)27-20-13-11-17(12-14-20)23-28-21-15-16-22(29-24(21)31-23)30-26(33)19-9-5-2-6-10-19/h11-16,18-19H,1-10H2,(H,27,32)(H2,28,29,30,31,33). The lowest BCUT2D eigenvalue weighted by Crippen LogP contribution is -2.25. The number of fused-ring (bicyclic) bond motifs is 1. The molecule has 2 heterocycles. The van der Waals surface area contributed by atoms with Crippen LogP contribution in [-0.2, 0) is 9.59 Å². The van der Waals surface area contributed by atoms with E-state index in [1.54, 1.807) is 0 Å². The average Bonchev–Trinajstić information content (AvgIpc) is 3.29. The van der Waals surface area contributed by atoms with Gasteiger partial charge in [0.1, 0.15) is 11.6 Å². The number of carbonyl (C=O) groups is 2. The third-order valence-corrected chi connectivity index (χ3v) is 6.97. The smallest absolute Gasteiger partial charge is 0.228 e. The molecule has 2 fully saturated rings. The lowest BCUT2D eigenvalue weighted by atomic mass is 9.88. The molecule has 172 valence electrons. The predicted octanol–water partition coefficient (Wildman–Crippen LogP) is 5.66. The molecule has 0 bridgehead atoms. The molecule has 2 aliphatic carbocycles. The van der Waals surface area contributed by atoms with Gasteiger partial charge in [0.25, 0.3) is 0 Å². The van der Waals surface area contributed by atoms with Crippen LogP contribution in [0.1, 0.15) is 64.2 Å². The number of nitrogens with zero attached hydrogens (tertiary/aromatic N) is 2. The maximum Gasteiger partial charge on any atom is 0.228 e. The number of imidazole rings is 1. The van der Waals surface area contributed by atoms with Gasteiger partial charge in [-0.05, 0) is 62.1 Å². The summed E-state index contributed by atoms with van der Waals surface area (Å²) < 4.78 is 0. The molecule has 0 saturated heterocycles. The van der Waals surface area contributed by atoms with E-state index in [1.165, 1.54) is 12.8 Å². The zero-order valence-corrected chi connectivity index (χ0v) is 18.9. The van der Waals surface area contributed by atoms with E-state index in [9.17, 15) is 9.59 Å². The minimum Gasteiger partial charge on any atom is -0.337 e. The quantitative estimate of drug-likeness (QED) is 0.471. The van der Waals surface area contributed by atoms with Gasteiger partial charge in [-0.25, -0.2) is 9.97 Å². The number of nitrogens with one attached hydrogen (secondary N) is 3. The third-order valence-electron chi connectivity index (χ3n) is 6.97. The number of carbonyl (C=O) groups excluding carboxylic acids is 2. The molecule has 5 rings (SSSR count). The number of benzene rings is 1. The monoisotopic (exact) mass is 445 g/mol. The first-order valence-corrected chi connectivity index (χ1v) is 12.2. The number of aromatic amines is 1. The first kappa shape index (κ1) is 21.6. The zero-order valence-electron chi connectivity index (χ0n) is 18.9. The van der Waals surface area contributed by atoms with E-state index in [4.69, 9.17) is 0 Å². The molecule has 2 aromatic heterocycles. The molecule has 2 aliphatic rings. The minimum absolute atomic E-state index is 0.0585. The van der Waals surface area contributed by atoms with E-state index in [0.717, 1.165) is 68.1 Å². The van der Waals surface area contributed by atoms with Gasteiger partial charge in [0.05, 0.1) is 5.52 Å². The maximum absolute atomic E-state index is 12.5. The number of anilines is 2. The Morgan fingerprint density at radius 3 is 1.97 bits per heavy atom. The summed E-state index contributed by atoms with van der Waals surface area (Å²) in [4.78, 5) is 37.5. The molecule has 3 aromatic rings. The molecule has 0 aliphatic heterocycles. The van der Waals surface area contributed by atoms with Crippen LogP contribution in [0, 0.1) is 11.8 Å². The zero-order chi connectivity index (χ0) is 22.6. The second-order valence-corrected chi connectivity index (χ2v) is 9.38. The van der Waals surface area contributed by atoms with E-state index in [0.29, 0.717) is 17.3 Å². The van der Waals surface area contributed by atoms with Crippen molar-refractivity contribution in [1.29, 1.82) is 0 Å². The highest BCUT2D eigenvalue weighted by Crippen LogP contribution is 2.27. The lowest BCUT2D eigenvalue weighted by molar-refractivity contribution is -0.121. The van der Waals surface area contributed by atoms with Crippen LogP contribution in [0.25, 0.3) is 22.6 Å².